The normalized spacial score (nSPS) is 14.7. The number of benzene rings is 8. The van der Waals surface area contributed by atoms with E-state index in [0.29, 0.717) is 0 Å². The third kappa shape index (κ3) is 3.82. The largest absolute Gasteiger partial charge is 0.0725 e. The van der Waals surface area contributed by atoms with Crippen molar-refractivity contribution in [1.29, 1.82) is 0 Å². The zero-order valence-electron chi connectivity index (χ0n) is 29.3. The Bertz CT molecular complexity index is 2710. The van der Waals surface area contributed by atoms with Gasteiger partial charge in [-0.05, 0) is 124 Å². The van der Waals surface area contributed by atoms with Crippen molar-refractivity contribution in [2.75, 3.05) is 0 Å². The fourth-order valence-corrected chi connectivity index (χ4v) is 10.0. The molecule has 0 N–H and O–H groups in total. The van der Waals surface area contributed by atoms with Crippen LogP contribution in [0.4, 0.5) is 0 Å². The van der Waals surface area contributed by atoms with E-state index in [0.717, 1.165) is 0 Å². The Morgan fingerprint density at radius 2 is 0.731 bits per heavy atom. The van der Waals surface area contributed by atoms with Gasteiger partial charge >= 0.3 is 0 Å². The summed E-state index contributed by atoms with van der Waals surface area (Å²) in [6, 6.07) is 68.4. The molecule has 0 unspecified atom stereocenters. The molecule has 0 aromatic heterocycles. The van der Waals surface area contributed by atoms with E-state index in [1.54, 1.807) is 0 Å². The fraction of sp³-hybridized carbons (Fsp3) is 0.0769. The summed E-state index contributed by atoms with van der Waals surface area (Å²) in [6.45, 7) is 4.74. The van der Waals surface area contributed by atoms with Crippen LogP contribution in [0.3, 0.4) is 0 Å². The maximum absolute atomic E-state index is 2.45. The molecule has 8 aromatic carbocycles. The maximum Gasteiger partial charge on any atom is 0.0725 e. The highest BCUT2D eigenvalue weighted by Gasteiger charge is 2.52. The van der Waals surface area contributed by atoms with E-state index in [1.807, 2.05) is 0 Å². The summed E-state index contributed by atoms with van der Waals surface area (Å²) in [6.07, 6.45) is 0. The van der Waals surface area contributed by atoms with E-state index in [9.17, 15) is 0 Å². The molecule has 3 aliphatic rings. The molecule has 0 atom stereocenters. The molecule has 0 amide bonds. The van der Waals surface area contributed by atoms with Gasteiger partial charge in [-0.2, -0.15) is 0 Å². The van der Waals surface area contributed by atoms with Crippen LogP contribution in [-0.4, -0.2) is 0 Å². The van der Waals surface area contributed by atoms with E-state index in [2.05, 4.69) is 196 Å². The molecule has 11 rings (SSSR count). The molecule has 0 aliphatic heterocycles. The summed E-state index contributed by atoms with van der Waals surface area (Å²) in [5, 5.41) is 0. The molecular weight excluding hydrogens is 625 g/mol. The summed E-state index contributed by atoms with van der Waals surface area (Å²) < 4.78 is 0. The molecule has 52 heavy (non-hydrogen) atoms. The van der Waals surface area contributed by atoms with Gasteiger partial charge in [0.15, 0.2) is 0 Å². The van der Waals surface area contributed by atoms with Gasteiger partial charge in [0.25, 0.3) is 0 Å². The van der Waals surface area contributed by atoms with E-state index < -0.39 is 0 Å². The quantitative estimate of drug-likeness (QED) is 0.177. The first-order valence-electron chi connectivity index (χ1n) is 18.4. The number of hydrogen-bond donors (Lipinski definition) is 0. The van der Waals surface area contributed by atoms with Gasteiger partial charge < -0.3 is 0 Å². The minimum absolute atomic E-state index is 0.0616. The number of fused-ring (bicyclic) bond motifs is 13. The van der Waals surface area contributed by atoms with Gasteiger partial charge in [-0.3, -0.25) is 0 Å². The van der Waals surface area contributed by atoms with Gasteiger partial charge in [-0.15, -0.1) is 0 Å². The average molecular weight is 661 g/mol. The molecule has 0 heterocycles. The first-order valence-corrected chi connectivity index (χ1v) is 18.4. The predicted molar refractivity (Wildman–Crippen MR) is 217 cm³/mol. The van der Waals surface area contributed by atoms with Crippen molar-refractivity contribution in [3.63, 3.8) is 0 Å². The first kappa shape index (κ1) is 29.5. The Balaban J connectivity index is 1.17. The predicted octanol–water partition coefficient (Wildman–Crippen LogP) is 13.3. The van der Waals surface area contributed by atoms with Crippen LogP contribution in [-0.2, 0) is 10.8 Å². The second-order valence-electron chi connectivity index (χ2n) is 15.2. The van der Waals surface area contributed by atoms with Crippen molar-refractivity contribution in [3.05, 3.63) is 215 Å². The van der Waals surface area contributed by atoms with Crippen LogP contribution >= 0.6 is 0 Å². The standard InChI is InChI=1S/C52H36/c1-51(2)44-22-10-6-17-39(44)42-28-27-34(32-49(42)51)36-29-35(33-15-4-3-5-16-33)30-37(31-36)38-21-14-26-48-50(38)43-20-9-13-25-47(43)52(48)45-23-11-7-18-40(45)41-19-8-12-24-46(41)52/h3-32H,1-2H3. The van der Waals surface area contributed by atoms with Gasteiger partial charge in [0.05, 0.1) is 5.41 Å². The van der Waals surface area contributed by atoms with Gasteiger partial charge in [-0.1, -0.05) is 172 Å². The number of hydrogen-bond acceptors (Lipinski definition) is 0. The van der Waals surface area contributed by atoms with Crippen LogP contribution in [0.2, 0.25) is 0 Å². The molecule has 0 nitrogen and oxygen atoms in total. The zero-order valence-corrected chi connectivity index (χ0v) is 29.3. The first-order chi connectivity index (χ1) is 25.5. The van der Waals surface area contributed by atoms with Crippen LogP contribution in [0, 0.1) is 0 Å². The monoisotopic (exact) mass is 660 g/mol. The van der Waals surface area contributed by atoms with Crippen LogP contribution < -0.4 is 0 Å². The highest BCUT2D eigenvalue weighted by molar-refractivity contribution is 6.00. The molecule has 0 fully saturated rings. The Hall–Kier alpha value is -6.24. The molecule has 8 aromatic rings. The lowest BCUT2D eigenvalue weighted by Crippen LogP contribution is -2.25. The van der Waals surface area contributed by atoms with Crippen molar-refractivity contribution in [2.45, 2.75) is 24.7 Å². The third-order valence-corrected chi connectivity index (χ3v) is 12.3. The average Bonchev–Trinajstić information content (AvgIpc) is 3.77. The number of rotatable bonds is 3. The fourth-order valence-electron chi connectivity index (χ4n) is 10.0. The summed E-state index contributed by atoms with van der Waals surface area (Å²) >= 11 is 0. The van der Waals surface area contributed by atoms with Gasteiger partial charge in [0, 0.05) is 5.41 Å². The lowest BCUT2D eigenvalue weighted by atomic mass is 9.70. The topological polar surface area (TPSA) is 0 Å². The molecule has 0 saturated heterocycles. The van der Waals surface area contributed by atoms with Gasteiger partial charge in [-0.25, -0.2) is 0 Å². The Morgan fingerprint density at radius 1 is 0.269 bits per heavy atom. The third-order valence-electron chi connectivity index (χ3n) is 12.3. The second-order valence-corrected chi connectivity index (χ2v) is 15.2. The molecule has 0 radical (unpaired) electrons. The molecule has 3 aliphatic carbocycles. The van der Waals surface area contributed by atoms with E-state index in [-0.39, 0.29) is 10.8 Å². The van der Waals surface area contributed by atoms with Crippen molar-refractivity contribution in [1.82, 2.24) is 0 Å². The van der Waals surface area contributed by atoms with E-state index in [4.69, 9.17) is 0 Å². The molecule has 0 heteroatoms. The minimum Gasteiger partial charge on any atom is -0.0622 e. The van der Waals surface area contributed by atoms with E-state index in [1.165, 1.54) is 100 Å². The summed E-state index contributed by atoms with van der Waals surface area (Å²) in [7, 11) is 0. The Morgan fingerprint density at radius 3 is 1.40 bits per heavy atom. The lowest BCUT2D eigenvalue weighted by molar-refractivity contribution is 0.660. The SMILES string of the molecule is CC1(C)c2ccccc2-c2ccc(-c3cc(-c4ccccc4)cc(-c4cccc5c4-c4ccccc4C54c5ccccc5-c5ccccc54)c3)cc21. The minimum atomic E-state index is -0.366. The maximum atomic E-state index is 2.45. The van der Waals surface area contributed by atoms with E-state index >= 15 is 0 Å². The van der Waals surface area contributed by atoms with Crippen molar-refractivity contribution in [3.8, 4) is 66.8 Å². The summed E-state index contributed by atoms with van der Waals surface area (Å²) in [5.74, 6) is 0. The molecule has 0 bridgehead atoms. The molecule has 0 saturated carbocycles. The van der Waals surface area contributed by atoms with Crippen molar-refractivity contribution >= 4 is 0 Å². The van der Waals surface area contributed by atoms with Gasteiger partial charge in [0.2, 0.25) is 0 Å². The summed E-state index contributed by atoms with van der Waals surface area (Å²) in [5.41, 5.74) is 23.4. The highest BCUT2D eigenvalue weighted by atomic mass is 14.5. The molecular formula is C52H36. The van der Waals surface area contributed by atoms with Crippen molar-refractivity contribution < 1.29 is 0 Å². The van der Waals surface area contributed by atoms with Crippen LogP contribution in [0.1, 0.15) is 47.2 Å². The van der Waals surface area contributed by atoms with Crippen molar-refractivity contribution in [2.24, 2.45) is 0 Å². The highest BCUT2D eigenvalue weighted by Crippen LogP contribution is 2.64. The molecule has 1 spiro atoms. The lowest BCUT2D eigenvalue weighted by Gasteiger charge is -2.30. The van der Waals surface area contributed by atoms with Crippen LogP contribution in [0.25, 0.3) is 66.8 Å². The Labute approximate surface area is 305 Å². The van der Waals surface area contributed by atoms with Crippen LogP contribution in [0.5, 0.6) is 0 Å². The van der Waals surface area contributed by atoms with Crippen LogP contribution in [0.15, 0.2) is 182 Å². The zero-order chi connectivity index (χ0) is 34.6. The summed E-state index contributed by atoms with van der Waals surface area (Å²) in [4.78, 5) is 0. The smallest absolute Gasteiger partial charge is 0.0622 e. The molecule has 244 valence electrons. The second kappa shape index (κ2) is 10.6. The van der Waals surface area contributed by atoms with Gasteiger partial charge in [0.1, 0.15) is 0 Å². The Kier molecular flexibility index (Phi) is 6.03.